The van der Waals surface area contributed by atoms with Crippen LogP contribution in [0.5, 0.6) is 0 Å². The second-order valence-corrected chi connectivity index (χ2v) is 6.62. The number of allylic oxidation sites excluding steroid dienone is 2. The molecule has 2 aliphatic rings. The number of rotatable bonds is 4. The van der Waals surface area contributed by atoms with Gasteiger partial charge in [0, 0.05) is 5.56 Å². The molecular formula is C20H19N3O4. The molecule has 1 fully saturated rings. The summed E-state index contributed by atoms with van der Waals surface area (Å²) in [6.45, 7) is 0.269. The number of anilines is 1. The van der Waals surface area contributed by atoms with Crippen LogP contribution in [0.15, 0.2) is 59.2 Å². The molecule has 0 spiro atoms. The molecule has 2 N–H and O–H groups in total. The lowest BCUT2D eigenvalue weighted by atomic mass is 9.80. The van der Waals surface area contributed by atoms with Gasteiger partial charge in [-0.25, -0.2) is 5.01 Å². The van der Waals surface area contributed by atoms with E-state index in [4.69, 9.17) is 4.42 Å². The van der Waals surface area contributed by atoms with Gasteiger partial charge in [-0.15, -0.1) is 0 Å². The van der Waals surface area contributed by atoms with E-state index in [0.29, 0.717) is 29.9 Å². The number of nitrogens with one attached hydrogen (secondary N) is 2. The number of nitrogens with zero attached hydrogens (tertiary/aromatic N) is 1. The van der Waals surface area contributed by atoms with Gasteiger partial charge in [0.05, 0.1) is 30.3 Å². The van der Waals surface area contributed by atoms with Crippen molar-refractivity contribution in [1.82, 2.24) is 10.7 Å². The highest BCUT2D eigenvalue weighted by atomic mass is 16.3. The van der Waals surface area contributed by atoms with Gasteiger partial charge < -0.3 is 9.73 Å². The SMILES string of the molecule is O=C(NCc1ccco1)c1cccc(N2NC(=O)[C@@H]3CC=CC[C@@H]3C2=O)c1. The first-order valence-electron chi connectivity index (χ1n) is 8.83. The monoisotopic (exact) mass is 365 g/mol. The number of benzene rings is 1. The summed E-state index contributed by atoms with van der Waals surface area (Å²) < 4.78 is 5.19. The molecule has 0 saturated carbocycles. The minimum atomic E-state index is -0.361. The minimum absolute atomic E-state index is 0.155. The quantitative estimate of drug-likeness (QED) is 0.813. The topological polar surface area (TPSA) is 91.7 Å². The van der Waals surface area contributed by atoms with E-state index < -0.39 is 0 Å². The number of carbonyl (C=O) groups is 3. The average Bonchev–Trinajstić information content (AvgIpc) is 3.23. The van der Waals surface area contributed by atoms with Crippen molar-refractivity contribution >= 4 is 23.4 Å². The van der Waals surface area contributed by atoms with E-state index in [0.717, 1.165) is 0 Å². The molecule has 1 aromatic carbocycles. The number of amides is 3. The average molecular weight is 365 g/mol. The molecule has 0 bridgehead atoms. The molecule has 1 saturated heterocycles. The maximum absolute atomic E-state index is 12.8. The van der Waals surface area contributed by atoms with Crippen LogP contribution in [0.4, 0.5) is 5.69 Å². The van der Waals surface area contributed by atoms with Gasteiger partial charge in [-0.3, -0.25) is 19.8 Å². The molecular weight excluding hydrogens is 346 g/mol. The molecule has 1 aromatic heterocycles. The Balaban J connectivity index is 1.51. The molecule has 2 heterocycles. The van der Waals surface area contributed by atoms with Gasteiger partial charge in [-0.1, -0.05) is 18.2 Å². The maximum atomic E-state index is 12.8. The number of carbonyl (C=O) groups excluding carboxylic acids is 3. The Kier molecular flexibility index (Phi) is 4.50. The fraction of sp³-hybridized carbons (Fsp3) is 0.250. The van der Waals surface area contributed by atoms with Crippen LogP contribution < -0.4 is 15.8 Å². The van der Waals surface area contributed by atoms with Crippen molar-refractivity contribution in [2.75, 3.05) is 5.01 Å². The summed E-state index contributed by atoms with van der Waals surface area (Å²) in [5, 5.41) is 4.02. The fourth-order valence-corrected chi connectivity index (χ4v) is 3.45. The van der Waals surface area contributed by atoms with Crippen LogP contribution in [0.1, 0.15) is 29.0 Å². The first kappa shape index (κ1) is 17.1. The Morgan fingerprint density at radius 3 is 2.74 bits per heavy atom. The minimum Gasteiger partial charge on any atom is -0.467 e. The lowest BCUT2D eigenvalue weighted by molar-refractivity contribution is -0.139. The lowest BCUT2D eigenvalue weighted by Crippen LogP contribution is -2.59. The Hall–Kier alpha value is -3.35. The van der Waals surface area contributed by atoms with Crippen LogP contribution in [0, 0.1) is 11.8 Å². The summed E-state index contributed by atoms with van der Waals surface area (Å²) in [5.41, 5.74) is 3.53. The molecule has 3 amide bonds. The second-order valence-electron chi connectivity index (χ2n) is 6.62. The normalized spacial score (nSPS) is 21.6. The Labute approximate surface area is 156 Å². The molecule has 1 aliphatic heterocycles. The number of fused-ring (bicyclic) bond motifs is 1. The number of hydrogen-bond donors (Lipinski definition) is 2. The summed E-state index contributed by atoms with van der Waals surface area (Å²) in [4.78, 5) is 37.6. The van der Waals surface area contributed by atoms with Crippen molar-refractivity contribution in [2.24, 2.45) is 11.8 Å². The highest BCUT2D eigenvalue weighted by Crippen LogP contribution is 2.32. The van der Waals surface area contributed by atoms with E-state index in [-0.39, 0.29) is 36.1 Å². The Bertz CT molecular complexity index is 904. The highest BCUT2D eigenvalue weighted by Gasteiger charge is 2.42. The number of hydrogen-bond acceptors (Lipinski definition) is 4. The first-order valence-corrected chi connectivity index (χ1v) is 8.83. The molecule has 0 radical (unpaired) electrons. The van der Waals surface area contributed by atoms with Crippen LogP contribution in [0.2, 0.25) is 0 Å². The van der Waals surface area contributed by atoms with Crippen LogP contribution in [-0.4, -0.2) is 17.7 Å². The van der Waals surface area contributed by atoms with Gasteiger partial charge >= 0.3 is 0 Å². The van der Waals surface area contributed by atoms with Gasteiger partial charge in [0.25, 0.3) is 5.91 Å². The smallest absolute Gasteiger partial charge is 0.251 e. The zero-order valence-electron chi connectivity index (χ0n) is 14.6. The molecule has 4 rings (SSSR count). The van der Waals surface area contributed by atoms with E-state index in [1.54, 1.807) is 42.7 Å². The van der Waals surface area contributed by atoms with Gasteiger partial charge in [-0.2, -0.15) is 0 Å². The van der Waals surface area contributed by atoms with Gasteiger partial charge in [-0.05, 0) is 43.2 Å². The van der Waals surface area contributed by atoms with Crippen molar-refractivity contribution in [3.8, 4) is 0 Å². The van der Waals surface area contributed by atoms with Crippen molar-refractivity contribution < 1.29 is 18.8 Å². The van der Waals surface area contributed by atoms with Gasteiger partial charge in [0.15, 0.2) is 0 Å². The van der Waals surface area contributed by atoms with Crippen molar-refractivity contribution in [2.45, 2.75) is 19.4 Å². The molecule has 0 unspecified atom stereocenters. The number of furan rings is 1. The third-order valence-electron chi connectivity index (χ3n) is 4.90. The zero-order chi connectivity index (χ0) is 18.8. The van der Waals surface area contributed by atoms with Crippen molar-refractivity contribution in [3.63, 3.8) is 0 Å². The standard InChI is InChI=1S/C20H19N3O4/c24-18(21-12-15-7-4-10-27-15)13-5-3-6-14(11-13)23-20(26)17-9-2-1-8-16(17)19(25)22-23/h1-7,10-11,16-17H,8-9,12H2,(H,21,24)(H,22,25)/t16-,17+/m1/s1. The third kappa shape index (κ3) is 3.36. The van der Waals surface area contributed by atoms with Gasteiger partial charge in [0.2, 0.25) is 11.8 Å². The molecule has 7 nitrogen and oxygen atoms in total. The van der Waals surface area contributed by atoms with Crippen LogP contribution in [0.3, 0.4) is 0 Å². The summed E-state index contributed by atoms with van der Waals surface area (Å²) >= 11 is 0. The highest BCUT2D eigenvalue weighted by molar-refractivity contribution is 6.05. The fourth-order valence-electron chi connectivity index (χ4n) is 3.45. The predicted octanol–water partition coefficient (Wildman–Crippen LogP) is 2.17. The molecule has 7 heteroatoms. The van der Waals surface area contributed by atoms with E-state index in [2.05, 4.69) is 10.7 Å². The van der Waals surface area contributed by atoms with Crippen LogP contribution >= 0.6 is 0 Å². The molecule has 2 atom stereocenters. The predicted molar refractivity (Wildman–Crippen MR) is 97.3 cm³/mol. The van der Waals surface area contributed by atoms with E-state index >= 15 is 0 Å². The summed E-state index contributed by atoms with van der Waals surface area (Å²) in [7, 11) is 0. The Morgan fingerprint density at radius 1 is 1.15 bits per heavy atom. The first-order chi connectivity index (χ1) is 13.1. The van der Waals surface area contributed by atoms with E-state index in [9.17, 15) is 14.4 Å². The molecule has 1 aliphatic carbocycles. The largest absolute Gasteiger partial charge is 0.467 e. The van der Waals surface area contributed by atoms with E-state index in [1.165, 1.54) is 5.01 Å². The molecule has 2 aromatic rings. The van der Waals surface area contributed by atoms with Crippen LogP contribution in [-0.2, 0) is 16.1 Å². The van der Waals surface area contributed by atoms with Crippen LogP contribution in [0.25, 0.3) is 0 Å². The maximum Gasteiger partial charge on any atom is 0.251 e. The van der Waals surface area contributed by atoms with Crippen molar-refractivity contribution in [1.29, 1.82) is 0 Å². The Morgan fingerprint density at radius 2 is 1.96 bits per heavy atom. The van der Waals surface area contributed by atoms with Crippen molar-refractivity contribution in [3.05, 3.63) is 66.1 Å². The molecule has 138 valence electrons. The summed E-state index contributed by atoms with van der Waals surface area (Å²) in [5.74, 6) is -0.649. The van der Waals surface area contributed by atoms with E-state index in [1.807, 2.05) is 12.2 Å². The van der Waals surface area contributed by atoms with Gasteiger partial charge in [0.1, 0.15) is 5.76 Å². The third-order valence-corrected chi connectivity index (χ3v) is 4.90. The summed E-state index contributed by atoms with van der Waals surface area (Å²) in [6.07, 6.45) is 6.55. The number of hydrazine groups is 1. The lowest BCUT2D eigenvalue weighted by Gasteiger charge is -2.38. The molecule has 27 heavy (non-hydrogen) atoms. The zero-order valence-corrected chi connectivity index (χ0v) is 14.6. The summed E-state index contributed by atoms with van der Waals surface area (Å²) in [6, 6.07) is 10.1. The second kappa shape index (κ2) is 7.11.